The lowest BCUT2D eigenvalue weighted by Gasteiger charge is -2.34. The van der Waals surface area contributed by atoms with Crippen molar-refractivity contribution in [3.63, 3.8) is 0 Å². The lowest BCUT2D eigenvalue weighted by atomic mass is 10.0. The topological polar surface area (TPSA) is 111 Å². The number of nitrogens with zero attached hydrogens (tertiary/aromatic N) is 4. The van der Waals surface area contributed by atoms with E-state index >= 15 is 0 Å². The zero-order valence-electron chi connectivity index (χ0n) is 19.9. The molecule has 1 aliphatic carbocycles. The van der Waals surface area contributed by atoms with Crippen LogP contribution < -0.4 is 15.5 Å². The summed E-state index contributed by atoms with van der Waals surface area (Å²) in [6, 6.07) is 9.07. The minimum Gasteiger partial charge on any atom is -0.396 e. The van der Waals surface area contributed by atoms with Crippen molar-refractivity contribution in [3.8, 4) is 0 Å². The van der Waals surface area contributed by atoms with Gasteiger partial charge in [0.15, 0.2) is 0 Å². The van der Waals surface area contributed by atoms with E-state index in [-0.39, 0.29) is 12.5 Å². The van der Waals surface area contributed by atoms with Crippen LogP contribution in [0.3, 0.4) is 0 Å². The van der Waals surface area contributed by atoms with Crippen LogP contribution in [0.1, 0.15) is 41.6 Å². The largest absolute Gasteiger partial charge is 0.396 e. The van der Waals surface area contributed by atoms with Gasteiger partial charge in [0.1, 0.15) is 5.52 Å². The zero-order chi connectivity index (χ0) is 23.9. The number of hydrogen-bond donors (Lipinski definition) is 4. The molecule has 4 aromatic rings. The number of anilines is 2. The second-order valence-corrected chi connectivity index (χ2v) is 9.80. The SMILES string of the molecule is Cn1cc2c(N3CCC(NC4CC4)CC3)ccc(C(=O)Nc3cc(CCO)c4[nH]ncc4c3)c2n1. The third-order valence-corrected chi connectivity index (χ3v) is 7.17. The first kappa shape index (κ1) is 22.1. The summed E-state index contributed by atoms with van der Waals surface area (Å²) in [7, 11) is 1.89. The molecule has 0 bridgehead atoms. The van der Waals surface area contributed by atoms with Crippen LogP contribution in [-0.4, -0.2) is 62.8 Å². The number of H-pyrrole nitrogens is 1. The van der Waals surface area contributed by atoms with Gasteiger partial charge in [0.2, 0.25) is 0 Å². The second kappa shape index (κ2) is 8.98. The summed E-state index contributed by atoms with van der Waals surface area (Å²) >= 11 is 0. The number of hydrogen-bond acceptors (Lipinski definition) is 6. The van der Waals surface area contributed by atoms with E-state index in [4.69, 9.17) is 0 Å². The fourth-order valence-electron chi connectivity index (χ4n) is 5.25. The van der Waals surface area contributed by atoms with Crippen molar-refractivity contribution in [3.05, 3.63) is 47.8 Å². The van der Waals surface area contributed by atoms with Crippen LogP contribution in [0.4, 0.5) is 11.4 Å². The van der Waals surface area contributed by atoms with E-state index in [9.17, 15) is 9.90 Å². The second-order valence-electron chi connectivity index (χ2n) is 9.80. The molecule has 1 amide bonds. The Morgan fingerprint density at radius 3 is 2.74 bits per heavy atom. The van der Waals surface area contributed by atoms with E-state index in [1.807, 2.05) is 31.4 Å². The molecule has 0 radical (unpaired) electrons. The predicted molar refractivity (Wildman–Crippen MR) is 137 cm³/mol. The van der Waals surface area contributed by atoms with Gasteiger partial charge in [0, 0.05) is 67.2 Å². The van der Waals surface area contributed by atoms with Crippen LogP contribution >= 0.6 is 0 Å². The molecule has 4 N–H and O–H groups in total. The molecule has 3 heterocycles. The smallest absolute Gasteiger partial charge is 0.257 e. The van der Waals surface area contributed by atoms with Crippen molar-refractivity contribution in [1.29, 1.82) is 0 Å². The van der Waals surface area contributed by atoms with E-state index in [2.05, 4.69) is 36.9 Å². The van der Waals surface area contributed by atoms with Gasteiger partial charge >= 0.3 is 0 Å². The van der Waals surface area contributed by atoms with Crippen molar-refractivity contribution in [2.75, 3.05) is 29.9 Å². The monoisotopic (exact) mass is 473 g/mol. The number of amides is 1. The van der Waals surface area contributed by atoms with Gasteiger partial charge < -0.3 is 20.6 Å². The number of nitrogens with one attached hydrogen (secondary N) is 3. The van der Waals surface area contributed by atoms with Gasteiger partial charge in [-0.05, 0) is 61.9 Å². The molecule has 2 fully saturated rings. The molecule has 1 aliphatic heterocycles. The Labute approximate surface area is 203 Å². The van der Waals surface area contributed by atoms with Gasteiger partial charge in [-0.2, -0.15) is 10.2 Å². The van der Waals surface area contributed by atoms with Gasteiger partial charge in [-0.15, -0.1) is 0 Å². The molecule has 0 spiro atoms. The fourth-order valence-corrected chi connectivity index (χ4v) is 5.25. The van der Waals surface area contributed by atoms with E-state index in [0.29, 0.717) is 29.2 Å². The normalized spacial score (nSPS) is 16.9. The molecule has 1 saturated carbocycles. The molecular formula is C26H31N7O2. The molecule has 2 aromatic carbocycles. The molecule has 9 nitrogen and oxygen atoms in total. The maximum absolute atomic E-state index is 13.4. The van der Waals surface area contributed by atoms with Gasteiger partial charge in [-0.1, -0.05) is 0 Å². The number of aliphatic hydroxyl groups is 1. The number of carbonyl (C=O) groups is 1. The minimum atomic E-state index is -0.203. The highest BCUT2D eigenvalue weighted by Crippen LogP contribution is 2.32. The lowest BCUT2D eigenvalue weighted by molar-refractivity contribution is 0.102. The van der Waals surface area contributed by atoms with Crippen molar-refractivity contribution >= 4 is 39.1 Å². The van der Waals surface area contributed by atoms with Crippen LogP contribution in [0.2, 0.25) is 0 Å². The van der Waals surface area contributed by atoms with E-state index in [0.717, 1.165) is 59.5 Å². The number of aromatic amines is 1. The number of aromatic nitrogens is 4. The number of rotatable bonds is 7. The summed E-state index contributed by atoms with van der Waals surface area (Å²) in [6.07, 6.45) is 9.11. The molecular weight excluding hydrogens is 442 g/mol. The number of aryl methyl sites for hydroxylation is 1. The fraction of sp³-hybridized carbons (Fsp3) is 0.423. The summed E-state index contributed by atoms with van der Waals surface area (Å²) in [5, 5.41) is 29.8. The lowest BCUT2D eigenvalue weighted by Crippen LogP contribution is -2.43. The van der Waals surface area contributed by atoms with Crippen LogP contribution in [-0.2, 0) is 13.5 Å². The van der Waals surface area contributed by atoms with Crippen LogP contribution in [0, 0.1) is 0 Å². The molecule has 2 aliphatic rings. The summed E-state index contributed by atoms with van der Waals surface area (Å²) in [5.74, 6) is -0.203. The molecule has 1 saturated heterocycles. The third-order valence-electron chi connectivity index (χ3n) is 7.17. The number of benzene rings is 2. The maximum atomic E-state index is 13.4. The van der Waals surface area contributed by atoms with Crippen LogP contribution in [0.5, 0.6) is 0 Å². The van der Waals surface area contributed by atoms with E-state index in [1.165, 1.54) is 12.8 Å². The van der Waals surface area contributed by atoms with Gasteiger partial charge in [-0.25, -0.2) is 0 Å². The molecule has 0 atom stereocenters. The molecule has 9 heteroatoms. The van der Waals surface area contributed by atoms with Crippen LogP contribution in [0.15, 0.2) is 36.7 Å². The molecule has 35 heavy (non-hydrogen) atoms. The molecule has 2 aromatic heterocycles. The van der Waals surface area contributed by atoms with Crippen molar-refractivity contribution in [2.45, 2.75) is 44.2 Å². The first-order valence-electron chi connectivity index (χ1n) is 12.4. The minimum absolute atomic E-state index is 0.0232. The van der Waals surface area contributed by atoms with Crippen molar-refractivity contribution < 1.29 is 9.90 Å². The summed E-state index contributed by atoms with van der Waals surface area (Å²) < 4.78 is 1.78. The van der Waals surface area contributed by atoms with Crippen LogP contribution in [0.25, 0.3) is 21.8 Å². The summed E-state index contributed by atoms with van der Waals surface area (Å²) in [5.41, 5.74) is 4.86. The summed E-state index contributed by atoms with van der Waals surface area (Å²) in [4.78, 5) is 15.8. The highest BCUT2D eigenvalue weighted by molar-refractivity contribution is 6.14. The summed E-state index contributed by atoms with van der Waals surface area (Å²) in [6.45, 7) is 2.02. The molecule has 0 unspecified atom stereocenters. The average Bonchev–Trinajstić information content (AvgIpc) is 3.37. The number of piperidine rings is 1. The number of aliphatic hydroxyl groups excluding tert-OH is 1. The predicted octanol–water partition coefficient (Wildman–Crippen LogP) is 2.96. The Morgan fingerprint density at radius 1 is 1.17 bits per heavy atom. The molecule has 6 rings (SSSR count). The zero-order valence-corrected chi connectivity index (χ0v) is 19.9. The number of carbonyl (C=O) groups excluding carboxylic acids is 1. The van der Waals surface area contributed by atoms with Gasteiger partial charge in [0.05, 0.1) is 17.3 Å². The Kier molecular flexibility index (Phi) is 5.66. The highest BCUT2D eigenvalue weighted by Gasteiger charge is 2.28. The average molecular weight is 474 g/mol. The van der Waals surface area contributed by atoms with E-state index in [1.54, 1.807) is 10.9 Å². The van der Waals surface area contributed by atoms with Crippen molar-refractivity contribution in [2.24, 2.45) is 7.05 Å². The Balaban J connectivity index is 1.26. The first-order chi connectivity index (χ1) is 17.1. The standard InChI is InChI=1S/C26H31N7O2/c1-32-15-22-23(33-9-6-19(7-10-33)28-18-2-3-18)5-4-21(25(22)31-32)26(35)29-20-12-16(8-11-34)24-17(13-20)14-27-30-24/h4-5,12-15,18-19,28,34H,2-3,6-11H2,1H3,(H,27,30)(H,29,35). The highest BCUT2D eigenvalue weighted by atomic mass is 16.3. The Hall–Kier alpha value is -3.43. The van der Waals surface area contributed by atoms with Gasteiger partial charge in [-0.3, -0.25) is 14.6 Å². The number of fused-ring (bicyclic) bond motifs is 2. The first-order valence-corrected chi connectivity index (χ1v) is 12.4. The maximum Gasteiger partial charge on any atom is 0.257 e. The quantitative estimate of drug-likeness (QED) is 0.328. The Morgan fingerprint density at radius 2 is 1.97 bits per heavy atom. The van der Waals surface area contributed by atoms with Gasteiger partial charge in [0.25, 0.3) is 5.91 Å². The third kappa shape index (κ3) is 4.37. The van der Waals surface area contributed by atoms with Crippen molar-refractivity contribution in [1.82, 2.24) is 25.3 Å². The Bertz CT molecular complexity index is 1380. The molecule has 182 valence electrons. The van der Waals surface area contributed by atoms with E-state index < -0.39 is 0 Å².